The molecule has 0 spiro atoms. The molecule has 0 fully saturated rings. The fourth-order valence-corrected chi connectivity index (χ4v) is 7.18. The molecule has 0 radical (unpaired) electrons. The summed E-state index contributed by atoms with van der Waals surface area (Å²) in [6, 6.07) is 20.4. The minimum atomic E-state index is -3.79. The fraction of sp³-hybridized carbons (Fsp3) is 0.167. The van der Waals surface area contributed by atoms with Crippen molar-refractivity contribution >= 4 is 30.8 Å². The second-order valence-electron chi connectivity index (χ2n) is 7.79. The highest BCUT2D eigenvalue weighted by atomic mass is 32.2. The van der Waals surface area contributed by atoms with Crippen molar-refractivity contribution in [2.45, 2.75) is 34.8 Å². The van der Waals surface area contributed by atoms with Crippen LogP contribution in [0, 0.1) is 0 Å². The number of aromatic nitrogens is 1. The third-order valence-electron chi connectivity index (χ3n) is 5.84. The van der Waals surface area contributed by atoms with Crippen LogP contribution in [0.1, 0.15) is 23.1 Å². The maximum absolute atomic E-state index is 13.4. The van der Waals surface area contributed by atoms with Gasteiger partial charge in [-0.25, -0.2) is 20.8 Å². The lowest BCUT2D eigenvalue weighted by atomic mass is 10.0. The maximum atomic E-state index is 13.4. The second-order valence-corrected chi connectivity index (χ2v) is 11.6. The fourth-order valence-electron chi connectivity index (χ4n) is 4.40. The van der Waals surface area contributed by atoms with Crippen LogP contribution < -0.4 is 0 Å². The van der Waals surface area contributed by atoms with E-state index < -0.39 is 19.9 Å². The number of hydrogen-bond donors (Lipinski definition) is 0. The molecule has 0 atom stereocenters. The lowest BCUT2D eigenvalue weighted by Gasteiger charge is -2.13. The summed E-state index contributed by atoms with van der Waals surface area (Å²) in [7, 11) is -7.35. The van der Waals surface area contributed by atoms with Crippen LogP contribution >= 0.6 is 0 Å². The summed E-state index contributed by atoms with van der Waals surface area (Å²) in [6.07, 6.45) is 4.08. The summed E-state index contributed by atoms with van der Waals surface area (Å²) in [5.74, 6) is -0.170. The van der Waals surface area contributed by atoms with E-state index in [4.69, 9.17) is 0 Å². The summed E-state index contributed by atoms with van der Waals surface area (Å²) in [5.41, 5.74) is 3.29. The van der Waals surface area contributed by atoms with Gasteiger partial charge in [0.25, 0.3) is 10.0 Å². The Morgan fingerprint density at radius 2 is 1.42 bits per heavy atom. The minimum absolute atomic E-state index is 0.170. The van der Waals surface area contributed by atoms with Crippen LogP contribution in [0.5, 0.6) is 0 Å². The molecule has 0 bridgehead atoms. The van der Waals surface area contributed by atoms with Crippen molar-refractivity contribution in [1.29, 1.82) is 0 Å². The molecule has 0 N–H and O–H groups in total. The summed E-state index contributed by atoms with van der Waals surface area (Å²) in [6.45, 7) is 0. The van der Waals surface area contributed by atoms with Gasteiger partial charge in [-0.2, -0.15) is 0 Å². The molecule has 0 saturated carbocycles. The van der Waals surface area contributed by atoms with Gasteiger partial charge in [-0.05, 0) is 66.3 Å². The number of sulfone groups is 1. The second kappa shape index (κ2) is 7.35. The molecule has 158 valence electrons. The number of fused-ring (bicyclic) bond motifs is 3. The molecule has 0 unspecified atom stereocenters. The van der Waals surface area contributed by atoms with Crippen molar-refractivity contribution in [1.82, 2.24) is 3.97 Å². The van der Waals surface area contributed by atoms with Crippen LogP contribution in [0.3, 0.4) is 0 Å². The van der Waals surface area contributed by atoms with Crippen molar-refractivity contribution in [3.8, 4) is 0 Å². The van der Waals surface area contributed by atoms with E-state index >= 15 is 0 Å². The van der Waals surface area contributed by atoms with Crippen LogP contribution in [0.2, 0.25) is 0 Å². The average molecular weight is 452 g/mol. The zero-order chi connectivity index (χ0) is 21.6. The number of benzene rings is 3. The van der Waals surface area contributed by atoms with Crippen LogP contribution in [0.15, 0.2) is 88.8 Å². The molecular formula is C24H21NO4S2. The third kappa shape index (κ3) is 3.38. The van der Waals surface area contributed by atoms with E-state index in [1.54, 1.807) is 72.9 Å². The van der Waals surface area contributed by atoms with E-state index in [1.807, 2.05) is 6.07 Å². The van der Waals surface area contributed by atoms with Gasteiger partial charge in [0.2, 0.25) is 0 Å². The summed E-state index contributed by atoms with van der Waals surface area (Å²) >= 11 is 0. The SMILES string of the molecule is O=S(=O)(Cc1cc2c(c3c1ccn3S(=O)(=O)c1ccccc1)CCC2)c1ccccc1. The van der Waals surface area contributed by atoms with Gasteiger partial charge in [0.05, 0.1) is 21.1 Å². The summed E-state index contributed by atoms with van der Waals surface area (Å²) in [5, 5.41) is 0.680. The van der Waals surface area contributed by atoms with Crippen LogP contribution in [-0.4, -0.2) is 20.8 Å². The zero-order valence-electron chi connectivity index (χ0n) is 16.7. The predicted molar refractivity (Wildman–Crippen MR) is 120 cm³/mol. The van der Waals surface area contributed by atoms with Crippen molar-refractivity contribution < 1.29 is 16.8 Å². The summed E-state index contributed by atoms with van der Waals surface area (Å²) in [4.78, 5) is 0.474. The van der Waals surface area contributed by atoms with Crippen LogP contribution in [-0.2, 0) is 38.5 Å². The quantitative estimate of drug-likeness (QED) is 0.452. The highest BCUT2D eigenvalue weighted by Gasteiger charge is 2.27. The molecule has 31 heavy (non-hydrogen) atoms. The highest BCUT2D eigenvalue weighted by molar-refractivity contribution is 7.90. The van der Waals surface area contributed by atoms with Gasteiger partial charge in [0.1, 0.15) is 0 Å². The van der Waals surface area contributed by atoms with Crippen molar-refractivity contribution in [2.75, 3.05) is 0 Å². The first-order chi connectivity index (χ1) is 14.9. The van der Waals surface area contributed by atoms with Gasteiger partial charge < -0.3 is 0 Å². The van der Waals surface area contributed by atoms with E-state index in [0.29, 0.717) is 16.5 Å². The molecule has 1 aliphatic rings. The van der Waals surface area contributed by atoms with Crippen molar-refractivity contribution in [3.05, 3.63) is 95.7 Å². The summed E-state index contributed by atoms with van der Waals surface area (Å²) < 4.78 is 54.2. The molecule has 0 amide bonds. The minimum Gasteiger partial charge on any atom is -0.241 e. The highest BCUT2D eigenvalue weighted by Crippen LogP contribution is 2.36. The normalized spacial score (nSPS) is 14.1. The van der Waals surface area contributed by atoms with Gasteiger partial charge in [0.15, 0.2) is 9.84 Å². The molecule has 3 aromatic carbocycles. The Balaban J connectivity index is 1.71. The number of hydrogen-bond acceptors (Lipinski definition) is 4. The van der Waals surface area contributed by atoms with E-state index in [9.17, 15) is 16.8 Å². The topological polar surface area (TPSA) is 73.2 Å². The molecule has 0 saturated heterocycles. The molecule has 5 nitrogen and oxygen atoms in total. The van der Waals surface area contributed by atoms with Gasteiger partial charge in [0, 0.05) is 11.6 Å². The zero-order valence-corrected chi connectivity index (χ0v) is 18.4. The number of aryl methyl sites for hydroxylation is 2. The van der Waals surface area contributed by atoms with Gasteiger partial charge >= 0.3 is 0 Å². The molecule has 0 aliphatic heterocycles. The van der Waals surface area contributed by atoms with Crippen molar-refractivity contribution in [3.63, 3.8) is 0 Å². The molecule has 7 heteroatoms. The van der Waals surface area contributed by atoms with E-state index in [-0.39, 0.29) is 15.5 Å². The third-order valence-corrected chi connectivity index (χ3v) is 9.21. The number of nitrogens with zero attached hydrogens (tertiary/aromatic N) is 1. The smallest absolute Gasteiger partial charge is 0.241 e. The molecule has 5 rings (SSSR count). The van der Waals surface area contributed by atoms with E-state index in [2.05, 4.69) is 0 Å². The first-order valence-electron chi connectivity index (χ1n) is 10.1. The molecular weight excluding hydrogens is 430 g/mol. The van der Waals surface area contributed by atoms with Crippen LogP contribution in [0.4, 0.5) is 0 Å². The largest absolute Gasteiger partial charge is 0.268 e. The van der Waals surface area contributed by atoms with Gasteiger partial charge in [-0.1, -0.05) is 42.5 Å². The Kier molecular flexibility index (Phi) is 4.75. The predicted octanol–water partition coefficient (Wildman–Crippen LogP) is 4.34. The molecule has 4 aromatic rings. The van der Waals surface area contributed by atoms with Gasteiger partial charge in [-0.3, -0.25) is 0 Å². The molecule has 1 aliphatic carbocycles. The number of rotatable bonds is 5. The monoisotopic (exact) mass is 451 g/mol. The first kappa shape index (κ1) is 20.0. The lowest BCUT2D eigenvalue weighted by Crippen LogP contribution is -2.13. The van der Waals surface area contributed by atoms with Crippen LogP contribution in [0.25, 0.3) is 10.9 Å². The Labute approximate surface area is 181 Å². The Hall–Kier alpha value is -2.90. The maximum Gasteiger partial charge on any atom is 0.268 e. The first-order valence-corrected chi connectivity index (χ1v) is 13.2. The lowest BCUT2D eigenvalue weighted by molar-refractivity contribution is 0.588. The van der Waals surface area contributed by atoms with E-state index in [1.165, 1.54) is 3.97 Å². The molecule has 1 aromatic heterocycles. The molecule has 1 heterocycles. The average Bonchev–Trinajstić information content (AvgIpc) is 3.42. The Morgan fingerprint density at radius 1 is 0.774 bits per heavy atom. The Bertz CT molecular complexity index is 1490. The Morgan fingerprint density at radius 3 is 2.10 bits per heavy atom. The standard InChI is InChI=1S/C24H21NO4S2/c26-30(27,20-9-3-1-4-10-20)17-19-16-18-8-7-13-22(18)24-23(19)14-15-25(24)31(28,29)21-11-5-2-6-12-21/h1-6,9-12,14-16H,7-8,13,17H2. The van der Waals surface area contributed by atoms with Crippen molar-refractivity contribution in [2.24, 2.45) is 0 Å². The van der Waals surface area contributed by atoms with E-state index in [0.717, 1.165) is 30.4 Å². The van der Waals surface area contributed by atoms with Gasteiger partial charge in [-0.15, -0.1) is 0 Å².